The summed E-state index contributed by atoms with van der Waals surface area (Å²) in [6.07, 6.45) is 2.78. The van der Waals surface area contributed by atoms with E-state index in [0.29, 0.717) is 11.4 Å². The van der Waals surface area contributed by atoms with Gasteiger partial charge in [-0.3, -0.25) is 9.78 Å². The van der Waals surface area contributed by atoms with E-state index in [1.165, 1.54) is 18.5 Å². The van der Waals surface area contributed by atoms with Gasteiger partial charge in [-0.25, -0.2) is 8.42 Å². The normalized spacial score (nSPS) is 11.4. The van der Waals surface area contributed by atoms with Gasteiger partial charge in [0, 0.05) is 24.6 Å². The first-order chi connectivity index (χ1) is 14.8. The molecular weight excluding hydrogens is 414 g/mol. The molecule has 0 aliphatic rings. The molecule has 8 heteroatoms. The van der Waals surface area contributed by atoms with Crippen LogP contribution in [0.2, 0.25) is 0 Å². The number of anilines is 1. The van der Waals surface area contributed by atoms with Gasteiger partial charge in [0.05, 0.1) is 13.7 Å². The van der Waals surface area contributed by atoms with Gasteiger partial charge in [-0.2, -0.15) is 4.31 Å². The third kappa shape index (κ3) is 5.90. The van der Waals surface area contributed by atoms with Gasteiger partial charge in [0.25, 0.3) is 0 Å². The average Bonchev–Trinajstić information content (AvgIpc) is 2.73. The highest BCUT2D eigenvalue weighted by Gasteiger charge is 2.27. The smallest absolute Gasteiger partial charge is 0.245 e. The SMILES string of the molecule is COc1ccc(CN(CC(=O)Nc2cc(C)cc(C)c2)S(=O)(=O)c2cccnc2)cc1. The first kappa shape index (κ1) is 22.5. The molecule has 1 N–H and O–H groups in total. The van der Waals surface area contributed by atoms with Crippen LogP contribution < -0.4 is 10.1 Å². The lowest BCUT2D eigenvalue weighted by atomic mass is 10.1. The summed E-state index contributed by atoms with van der Waals surface area (Å²) >= 11 is 0. The summed E-state index contributed by atoms with van der Waals surface area (Å²) in [6.45, 7) is 3.56. The topological polar surface area (TPSA) is 88.6 Å². The van der Waals surface area contributed by atoms with Gasteiger partial charge >= 0.3 is 0 Å². The lowest BCUT2D eigenvalue weighted by Crippen LogP contribution is -2.37. The molecular formula is C23H25N3O4S. The van der Waals surface area contributed by atoms with Crippen molar-refractivity contribution in [1.82, 2.24) is 9.29 Å². The summed E-state index contributed by atoms with van der Waals surface area (Å²) in [4.78, 5) is 16.7. The van der Waals surface area contributed by atoms with Crippen LogP contribution in [-0.2, 0) is 21.4 Å². The molecule has 162 valence electrons. The van der Waals surface area contributed by atoms with Crippen LogP contribution in [0, 0.1) is 13.8 Å². The minimum Gasteiger partial charge on any atom is -0.497 e. The molecule has 3 aromatic rings. The number of amides is 1. The summed E-state index contributed by atoms with van der Waals surface area (Å²) in [5.74, 6) is 0.240. The number of hydrogen-bond donors (Lipinski definition) is 1. The van der Waals surface area contributed by atoms with Crippen molar-refractivity contribution >= 4 is 21.6 Å². The van der Waals surface area contributed by atoms with Crippen molar-refractivity contribution in [2.45, 2.75) is 25.3 Å². The molecule has 0 saturated carbocycles. The van der Waals surface area contributed by atoms with Gasteiger partial charge in [0.15, 0.2) is 0 Å². The number of ether oxygens (including phenoxy) is 1. The van der Waals surface area contributed by atoms with Crippen LogP contribution in [0.1, 0.15) is 16.7 Å². The number of aryl methyl sites for hydroxylation is 2. The molecule has 0 spiro atoms. The number of pyridine rings is 1. The third-order valence-electron chi connectivity index (χ3n) is 4.62. The first-order valence-corrected chi connectivity index (χ1v) is 11.1. The van der Waals surface area contributed by atoms with E-state index < -0.39 is 15.9 Å². The van der Waals surface area contributed by atoms with E-state index in [-0.39, 0.29) is 18.0 Å². The highest BCUT2D eigenvalue weighted by Crippen LogP contribution is 2.20. The van der Waals surface area contributed by atoms with Crippen molar-refractivity contribution in [1.29, 1.82) is 0 Å². The zero-order chi connectivity index (χ0) is 22.4. The van der Waals surface area contributed by atoms with Gasteiger partial charge in [-0.1, -0.05) is 18.2 Å². The molecule has 0 aliphatic heterocycles. The van der Waals surface area contributed by atoms with Crippen molar-refractivity contribution in [3.63, 3.8) is 0 Å². The largest absolute Gasteiger partial charge is 0.497 e. The van der Waals surface area contributed by atoms with Crippen molar-refractivity contribution in [2.75, 3.05) is 19.0 Å². The van der Waals surface area contributed by atoms with Gasteiger partial charge < -0.3 is 10.1 Å². The van der Waals surface area contributed by atoms with E-state index in [1.54, 1.807) is 37.4 Å². The van der Waals surface area contributed by atoms with E-state index in [9.17, 15) is 13.2 Å². The number of nitrogens with zero attached hydrogens (tertiary/aromatic N) is 2. The second kappa shape index (κ2) is 9.72. The molecule has 0 unspecified atom stereocenters. The number of hydrogen-bond acceptors (Lipinski definition) is 5. The number of sulfonamides is 1. The van der Waals surface area contributed by atoms with E-state index in [4.69, 9.17) is 4.74 Å². The fourth-order valence-corrected chi connectivity index (χ4v) is 4.57. The number of rotatable bonds is 8. The summed E-state index contributed by atoms with van der Waals surface area (Å²) in [7, 11) is -2.38. The lowest BCUT2D eigenvalue weighted by Gasteiger charge is -2.22. The highest BCUT2D eigenvalue weighted by molar-refractivity contribution is 7.89. The second-order valence-corrected chi connectivity index (χ2v) is 9.17. The summed E-state index contributed by atoms with van der Waals surface area (Å²) < 4.78 is 32.8. The van der Waals surface area contributed by atoms with Crippen LogP contribution in [0.4, 0.5) is 5.69 Å². The Labute approximate surface area is 182 Å². The van der Waals surface area contributed by atoms with E-state index >= 15 is 0 Å². The maximum absolute atomic E-state index is 13.2. The second-order valence-electron chi connectivity index (χ2n) is 7.23. The molecule has 31 heavy (non-hydrogen) atoms. The molecule has 0 fully saturated rings. The van der Waals surface area contributed by atoms with Crippen LogP contribution in [-0.4, -0.2) is 37.3 Å². The molecule has 0 radical (unpaired) electrons. The molecule has 0 aliphatic carbocycles. The number of nitrogens with one attached hydrogen (secondary N) is 1. The van der Waals surface area contributed by atoms with Crippen molar-refractivity contribution < 1.29 is 17.9 Å². The maximum atomic E-state index is 13.2. The standard InChI is InChI=1S/C23H25N3O4S/c1-17-11-18(2)13-20(12-17)25-23(27)16-26(15-19-6-8-21(30-3)9-7-19)31(28,29)22-5-4-10-24-14-22/h4-14H,15-16H2,1-3H3,(H,25,27). The van der Waals surface area contributed by atoms with E-state index in [2.05, 4.69) is 10.3 Å². The Morgan fingerprint density at radius 2 is 1.74 bits per heavy atom. The van der Waals surface area contributed by atoms with Crippen LogP contribution >= 0.6 is 0 Å². The molecule has 7 nitrogen and oxygen atoms in total. The van der Waals surface area contributed by atoms with Gasteiger partial charge in [-0.05, 0) is 66.9 Å². The van der Waals surface area contributed by atoms with Gasteiger partial charge in [-0.15, -0.1) is 0 Å². The predicted molar refractivity (Wildman–Crippen MR) is 119 cm³/mol. The number of carbonyl (C=O) groups is 1. The average molecular weight is 440 g/mol. The van der Waals surface area contributed by atoms with Gasteiger partial charge in [0.1, 0.15) is 10.6 Å². The third-order valence-corrected chi connectivity index (χ3v) is 6.39. The molecule has 1 aromatic heterocycles. The van der Waals surface area contributed by atoms with Crippen molar-refractivity contribution in [3.05, 3.63) is 83.7 Å². The molecule has 0 bridgehead atoms. The van der Waals surface area contributed by atoms with Crippen LogP contribution in [0.25, 0.3) is 0 Å². The molecule has 0 saturated heterocycles. The summed E-state index contributed by atoms with van der Waals surface area (Å²) in [6, 6.07) is 15.7. The minimum absolute atomic E-state index is 0.0293. The van der Waals surface area contributed by atoms with Gasteiger partial charge in [0.2, 0.25) is 15.9 Å². The Morgan fingerprint density at radius 1 is 1.06 bits per heavy atom. The van der Waals surface area contributed by atoms with Crippen molar-refractivity contribution in [3.8, 4) is 5.75 Å². The number of aromatic nitrogens is 1. The number of carbonyl (C=O) groups excluding carboxylic acids is 1. The Kier molecular flexibility index (Phi) is 7.04. The Balaban J connectivity index is 1.86. The van der Waals surface area contributed by atoms with Crippen molar-refractivity contribution in [2.24, 2.45) is 0 Å². The highest BCUT2D eigenvalue weighted by atomic mass is 32.2. The molecule has 3 rings (SSSR count). The number of methoxy groups -OCH3 is 1. The predicted octanol–water partition coefficient (Wildman–Crippen LogP) is 3.54. The molecule has 0 atom stereocenters. The fourth-order valence-electron chi connectivity index (χ4n) is 3.22. The quantitative estimate of drug-likeness (QED) is 0.580. The summed E-state index contributed by atoms with van der Waals surface area (Å²) in [5.41, 5.74) is 3.37. The maximum Gasteiger partial charge on any atom is 0.245 e. The Hall–Kier alpha value is -3.23. The zero-order valence-electron chi connectivity index (χ0n) is 17.7. The van der Waals surface area contributed by atoms with E-state index in [1.807, 2.05) is 32.0 Å². The molecule has 1 heterocycles. The minimum atomic E-state index is -3.94. The van der Waals surface area contributed by atoms with E-state index in [0.717, 1.165) is 21.0 Å². The van der Waals surface area contributed by atoms with Crippen LogP contribution in [0.15, 0.2) is 71.9 Å². The first-order valence-electron chi connectivity index (χ1n) is 9.69. The van der Waals surface area contributed by atoms with Crippen LogP contribution in [0.3, 0.4) is 0 Å². The van der Waals surface area contributed by atoms with Crippen LogP contribution in [0.5, 0.6) is 5.75 Å². The molecule has 2 aromatic carbocycles. The summed E-state index contributed by atoms with van der Waals surface area (Å²) in [5, 5.41) is 2.80. The zero-order valence-corrected chi connectivity index (χ0v) is 18.5. The molecule has 1 amide bonds. The Bertz CT molecular complexity index is 1130. The number of benzene rings is 2. The monoisotopic (exact) mass is 439 g/mol. The Morgan fingerprint density at radius 3 is 2.32 bits per heavy atom. The fraction of sp³-hybridized carbons (Fsp3) is 0.217. The lowest BCUT2D eigenvalue weighted by molar-refractivity contribution is -0.116.